The van der Waals surface area contributed by atoms with Crippen LogP contribution in [0.4, 0.5) is 0 Å². The Hall–Kier alpha value is -2.56. The summed E-state index contributed by atoms with van der Waals surface area (Å²) in [4.78, 5) is 13.1. The number of carbonyl (C=O) groups excluding carboxylic acids is 1. The highest BCUT2D eigenvalue weighted by molar-refractivity contribution is 7.91. The van der Waals surface area contributed by atoms with E-state index in [1.54, 1.807) is 36.9 Å². The fourth-order valence-corrected chi connectivity index (χ4v) is 5.70. The van der Waals surface area contributed by atoms with E-state index in [1.807, 2.05) is 30.3 Å². The molecule has 10 heteroatoms. The number of nitrogens with one attached hydrogen (secondary N) is 1. The summed E-state index contributed by atoms with van der Waals surface area (Å²) in [7, 11) is -3.48. The third kappa shape index (κ3) is 5.08. The largest absolute Gasteiger partial charge is 0.346 e. The van der Waals surface area contributed by atoms with Crippen molar-refractivity contribution in [2.24, 2.45) is 0 Å². The Morgan fingerprint density at radius 1 is 1.14 bits per heavy atom. The van der Waals surface area contributed by atoms with Crippen LogP contribution in [0.15, 0.2) is 52.9 Å². The first-order chi connectivity index (χ1) is 13.9. The van der Waals surface area contributed by atoms with Crippen LogP contribution in [-0.4, -0.2) is 46.7 Å². The predicted molar refractivity (Wildman–Crippen MR) is 111 cm³/mol. The smallest absolute Gasteiger partial charge is 0.273 e. The van der Waals surface area contributed by atoms with Gasteiger partial charge >= 0.3 is 0 Å². The molecule has 0 aliphatic carbocycles. The van der Waals surface area contributed by atoms with Gasteiger partial charge in [-0.3, -0.25) is 4.79 Å². The average molecular weight is 434 g/mol. The van der Waals surface area contributed by atoms with Crippen LogP contribution in [0.5, 0.6) is 0 Å². The molecule has 0 fully saturated rings. The molecule has 0 unspecified atom stereocenters. The van der Waals surface area contributed by atoms with E-state index in [-0.39, 0.29) is 22.4 Å². The number of nitrogens with zero attached hydrogens (tertiary/aromatic N) is 4. The SMILES string of the molecule is CCN(CC)S(=O)(=O)c1ccc(CNC(=O)c2cn(Cc3ccccc3)nn2)s1. The first-order valence-corrected chi connectivity index (χ1v) is 11.5. The second kappa shape index (κ2) is 9.29. The number of carbonyl (C=O) groups is 1. The van der Waals surface area contributed by atoms with Gasteiger partial charge in [-0.2, -0.15) is 4.31 Å². The Bertz CT molecular complexity index is 1060. The van der Waals surface area contributed by atoms with Gasteiger partial charge in [0.25, 0.3) is 15.9 Å². The molecule has 3 rings (SSSR count). The summed E-state index contributed by atoms with van der Waals surface area (Å²) in [5.41, 5.74) is 1.28. The monoisotopic (exact) mass is 433 g/mol. The van der Waals surface area contributed by atoms with Gasteiger partial charge in [-0.15, -0.1) is 16.4 Å². The molecule has 29 heavy (non-hydrogen) atoms. The second-order valence-electron chi connectivity index (χ2n) is 6.28. The first-order valence-electron chi connectivity index (χ1n) is 9.25. The fourth-order valence-electron chi connectivity index (χ4n) is 2.79. The number of hydrogen-bond donors (Lipinski definition) is 1. The zero-order valence-corrected chi connectivity index (χ0v) is 17.9. The van der Waals surface area contributed by atoms with Crippen LogP contribution in [0, 0.1) is 0 Å². The number of sulfonamides is 1. The summed E-state index contributed by atoms with van der Waals surface area (Å²) >= 11 is 1.16. The summed E-state index contributed by atoms with van der Waals surface area (Å²) < 4.78 is 28.4. The van der Waals surface area contributed by atoms with Gasteiger partial charge in [0, 0.05) is 18.0 Å². The van der Waals surface area contributed by atoms with Crippen molar-refractivity contribution < 1.29 is 13.2 Å². The van der Waals surface area contributed by atoms with Gasteiger partial charge in [-0.25, -0.2) is 13.1 Å². The van der Waals surface area contributed by atoms with Crippen molar-refractivity contribution in [3.8, 4) is 0 Å². The minimum atomic E-state index is -3.48. The van der Waals surface area contributed by atoms with E-state index in [2.05, 4.69) is 15.6 Å². The molecule has 8 nitrogen and oxygen atoms in total. The maximum Gasteiger partial charge on any atom is 0.273 e. The van der Waals surface area contributed by atoms with Crippen molar-refractivity contribution in [1.82, 2.24) is 24.6 Å². The van der Waals surface area contributed by atoms with Gasteiger partial charge in [-0.1, -0.05) is 49.4 Å². The molecule has 0 aliphatic heterocycles. The molecule has 2 aromatic heterocycles. The zero-order chi connectivity index (χ0) is 20.9. The van der Waals surface area contributed by atoms with E-state index < -0.39 is 10.0 Å². The molecular formula is C19H23N5O3S2. The normalized spacial score (nSPS) is 11.7. The van der Waals surface area contributed by atoms with Gasteiger partial charge in [0.2, 0.25) is 0 Å². The number of hydrogen-bond acceptors (Lipinski definition) is 6. The summed E-state index contributed by atoms with van der Waals surface area (Å²) in [5.74, 6) is -0.356. The third-order valence-corrected chi connectivity index (χ3v) is 7.92. The van der Waals surface area contributed by atoms with E-state index in [0.29, 0.717) is 19.6 Å². The molecular weight excluding hydrogens is 410 g/mol. The van der Waals surface area contributed by atoms with Crippen LogP contribution in [0.3, 0.4) is 0 Å². The highest BCUT2D eigenvalue weighted by atomic mass is 32.2. The Morgan fingerprint density at radius 3 is 2.55 bits per heavy atom. The maximum atomic E-state index is 12.5. The van der Waals surface area contributed by atoms with Crippen molar-refractivity contribution >= 4 is 27.3 Å². The van der Waals surface area contributed by atoms with Gasteiger partial charge in [-0.05, 0) is 17.7 Å². The molecule has 0 atom stereocenters. The lowest BCUT2D eigenvalue weighted by Crippen LogP contribution is -2.30. The minimum Gasteiger partial charge on any atom is -0.346 e. The number of amides is 1. The molecule has 0 saturated carbocycles. The molecule has 0 spiro atoms. The van der Waals surface area contributed by atoms with Crippen LogP contribution >= 0.6 is 11.3 Å². The van der Waals surface area contributed by atoms with Crippen LogP contribution in [0.1, 0.15) is 34.8 Å². The molecule has 1 amide bonds. The van der Waals surface area contributed by atoms with Crippen LogP contribution in [0.2, 0.25) is 0 Å². The molecule has 0 aliphatic rings. The third-order valence-electron chi connectivity index (χ3n) is 4.32. The maximum absolute atomic E-state index is 12.5. The average Bonchev–Trinajstić information content (AvgIpc) is 3.38. The summed E-state index contributed by atoms with van der Waals surface area (Å²) in [6.45, 7) is 5.20. The zero-order valence-electron chi connectivity index (χ0n) is 16.3. The van der Waals surface area contributed by atoms with Crippen molar-refractivity contribution in [1.29, 1.82) is 0 Å². The lowest BCUT2D eigenvalue weighted by molar-refractivity contribution is 0.0946. The van der Waals surface area contributed by atoms with Crippen molar-refractivity contribution in [3.05, 3.63) is 64.8 Å². The number of aromatic nitrogens is 3. The Labute approximate surface area is 174 Å². The van der Waals surface area contributed by atoms with E-state index >= 15 is 0 Å². The van der Waals surface area contributed by atoms with Crippen molar-refractivity contribution in [3.63, 3.8) is 0 Å². The van der Waals surface area contributed by atoms with E-state index in [1.165, 1.54) is 4.31 Å². The Balaban J connectivity index is 1.60. The van der Waals surface area contributed by atoms with Crippen LogP contribution in [0.25, 0.3) is 0 Å². The number of thiophene rings is 1. The molecule has 0 bridgehead atoms. The number of benzene rings is 1. The molecule has 1 aromatic carbocycles. The quantitative estimate of drug-likeness (QED) is 0.559. The second-order valence-corrected chi connectivity index (χ2v) is 9.61. The Kier molecular flexibility index (Phi) is 6.78. The molecule has 2 heterocycles. The molecule has 0 radical (unpaired) electrons. The van der Waals surface area contributed by atoms with Crippen molar-refractivity contribution in [2.75, 3.05) is 13.1 Å². The Morgan fingerprint density at radius 2 is 1.86 bits per heavy atom. The molecule has 0 saturated heterocycles. The van der Waals surface area contributed by atoms with Gasteiger partial charge < -0.3 is 5.32 Å². The predicted octanol–water partition coefficient (Wildman–Crippen LogP) is 2.35. The van der Waals surface area contributed by atoms with Crippen LogP contribution in [-0.2, 0) is 23.1 Å². The lowest BCUT2D eigenvalue weighted by Gasteiger charge is -2.16. The van der Waals surface area contributed by atoms with Gasteiger partial charge in [0.15, 0.2) is 5.69 Å². The van der Waals surface area contributed by atoms with E-state index in [4.69, 9.17) is 0 Å². The molecule has 1 N–H and O–H groups in total. The highest BCUT2D eigenvalue weighted by Crippen LogP contribution is 2.24. The molecule has 154 valence electrons. The van der Waals surface area contributed by atoms with Gasteiger partial charge in [0.1, 0.15) is 4.21 Å². The van der Waals surface area contributed by atoms with Gasteiger partial charge in [0.05, 0.1) is 19.3 Å². The fraction of sp³-hybridized carbons (Fsp3) is 0.316. The standard InChI is InChI=1S/C19H23N5O3S2/c1-3-24(4-2)29(26,27)18-11-10-16(28-18)12-20-19(25)17-14-23(22-21-17)13-15-8-6-5-7-9-15/h5-11,14H,3-4,12-13H2,1-2H3,(H,20,25). The summed E-state index contributed by atoms with van der Waals surface area (Å²) in [6.07, 6.45) is 1.59. The highest BCUT2D eigenvalue weighted by Gasteiger charge is 2.23. The van der Waals surface area contributed by atoms with Crippen molar-refractivity contribution in [2.45, 2.75) is 31.1 Å². The topological polar surface area (TPSA) is 97.2 Å². The summed E-state index contributed by atoms with van der Waals surface area (Å²) in [5, 5.41) is 10.7. The number of rotatable bonds is 9. The first kappa shape index (κ1) is 21.2. The van der Waals surface area contributed by atoms with E-state index in [0.717, 1.165) is 21.8 Å². The molecule has 3 aromatic rings. The lowest BCUT2D eigenvalue weighted by atomic mass is 10.2. The van der Waals surface area contributed by atoms with Crippen LogP contribution < -0.4 is 5.32 Å². The van der Waals surface area contributed by atoms with E-state index in [9.17, 15) is 13.2 Å². The minimum absolute atomic E-state index is 0.216. The summed E-state index contributed by atoms with van der Waals surface area (Å²) in [6, 6.07) is 13.1.